The van der Waals surface area contributed by atoms with Gasteiger partial charge in [-0.2, -0.15) is 0 Å². The van der Waals surface area contributed by atoms with Gasteiger partial charge in [-0.1, -0.05) is 64.1 Å². The minimum Gasteiger partial charge on any atom is -0.507 e. The van der Waals surface area contributed by atoms with Gasteiger partial charge in [-0.05, 0) is 53.9 Å². The molecule has 0 bridgehead atoms. The second-order valence-corrected chi connectivity index (χ2v) is 9.70. The predicted octanol–water partition coefficient (Wildman–Crippen LogP) is 7.85. The van der Waals surface area contributed by atoms with E-state index >= 15 is 0 Å². The molecule has 2 heterocycles. The van der Waals surface area contributed by atoms with Crippen molar-refractivity contribution in [1.82, 2.24) is 14.5 Å². The molecule has 5 aromatic rings. The molecule has 0 atom stereocenters. The van der Waals surface area contributed by atoms with E-state index in [0.29, 0.717) is 5.92 Å². The number of aromatic hydroxyl groups is 1. The van der Waals surface area contributed by atoms with Crippen LogP contribution in [0.4, 0.5) is 0 Å². The average Bonchev–Trinajstić information content (AvgIpc) is 3.10. The molecule has 4 nitrogen and oxygen atoms in total. The van der Waals surface area contributed by atoms with E-state index in [1.54, 1.807) is 6.07 Å². The van der Waals surface area contributed by atoms with Gasteiger partial charge >= 0.3 is 0 Å². The van der Waals surface area contributed by atoms with Crippen LogP contribution in [-0.2, 0) is 27.2 Å². The molecule has 0 fully saturated rings. The van der Waals surface area contributed by atoms with Gasteiger partial charge in [0.1, 0.15) is 11.6 Å². The van der Waals surface area contributed by atoms with Crippen molar-refractivity contribution in [1.29, 1.82) is 0 Å². The first kappa shape index (κ1) is 28.3. The van der Waals surface area contributed by atoms with E-state index in [4.69, 9.17) is 4.98 Å². The number of imidazole rings is 1. The van der Waals surface area contributed by atoms with Crippen LogP contribution in [-0.4, -0.2) is 19.6 Å². The van der Waals surface area contributed by atoms with Crippen molar-refractivity contribution in [3.8, 4) is 28.4 Å². The molecule has 0 saturated heterocycles. The van der Waals surface area contributed by atoms with Crippen molar-refractivity contribution < 1.29 is 25.2 Å². The van der Waals surface area contributed by atoms with Crippen LogP contribution in [0.5, 0.6) is 5.75 Å². The summed E-state index contributed by atoms with van der Waals surface area (Å²) in [4.78, 5) is 9.19. The molecule has 0 aliphatic rings. The Labute approximate surface area is 233 Å². The van der Waals surface area contributed by atoms with E-state index in [-0.39, 0.29) is 25.9 Å². The Kier molecular flexibility index (Phi) is 9.07. The fraction of sp³-hybridized carbons (Fsp3) is 0.250. The number of aromatic nitrogens is 3. The van der Waals surface area contributed by atoms with Gasteiger partial charge in [0.2, 0.25) is 0 Å². The van der Waals surface area contributed by atoms with Gasteiger partial charge < -0.3 is 14.7 Å². The second-order valence-electron chi connectivity index (χ2n) is 9.70. The van der Waals surface area contributed by atoms with E-state index in [1.807, 2.05) is 49.9 Å². The molecule has 0 spiro atoms. The Morgan fingerprint density at radius 1 is 0.892 bits per heavy atom. The zero-order valence-electron chi connectivity index (χ0n) is 22.6. The van der Waals surface area contributed by atoms with E-state index in [1.165, 1.54) is 21.9 Å². The number of para-hydroxylation sites is 1. The minimum absolute atomic E-state index is 0. The minimum atomic E-state index is 0. The van der Waals surface area contributed by atoms with Crippen LogP contribution in [0.25, 0.3) is 33.4 Å². The molecule has 0 amide bonds. The van der Waals surface area contributed by atoms with Crippen molar-refractivity contribution in [3.63, 3.8) is 0 Å². The molecule has 5 rings (SSSR count). The van der Waals surface area contributed by atoms with Crippen LogP contribution >= 0.6 is 0 Å². The maximum atomic E-state index is 9.74. The average molecular weight is 669 g/mol. The maximum absolute atomic E-state index is 9.74. The third-order valence-corrected chi connectivity index (χ3v) is 6.61. The van der Waals surface area contributed by atoms with Crippen molar-refractivity contribution in [2.24, 2.45) is 7.05 Å². The molecule has 5 heteroatoms. The largest absolute Gasteiger partial charge is 0.507 e. The molecule has 0 aliphatic carbocycles. The molecule has 193 valence electrons. The van der Waals surface area contributed by atoms with Crippen LogP contribution in [0.1, 0.15) is 47.8 Å². The molecule has 1 radical (unpaired) electrons. The summed E-state index contributed by atoms with van der Waals surface area (Å²) in [6, 6.07) is 23.5. The maximum Gasteiger partial charge on any atom is 0.143 e. The first-order valence-corrected chi connectivity index (χ1v) is 12.3. The quantitative estimate of drug-likeness (QED) is 0.199. The van der Waals surface area contributed by atoms with Gasteiger partial charge in [-0.15, -0.1) is 34.9 Å². The third-order valence-electron chi connectivity index (χ3n) is 6.61. The summed E-state index contributed by atoms with van der Waals surface area (Å²) < 4.78 is 1.99. The molecule has 1 N–H and O–H groups in total. The van der Waals surface area contributed by atoms with Crippen molar-refractivity contribution >= 4 is 10.8 Å². The standard InChI is InChI=1S/C20H20N.C12H14N2O.Ir/c1-13(2)19-12-21-20(18-8-6-5-7-17(18)19)16-10-14(3)9-15(4)11-16;1-8-9(2)14(3)12(13-8)10-6-4-5-7-11(10)15;/h5-10,12-13H,1-4H3;4-7,15H,1-3H3;/q-1;;. The van der Waals surface area contributed by atoms with Crippen LogP contribution in [0, 0.1) is 33.8 Å². The van der Waals surface area contributed by atoms with Crippen molar-refractivity contribution in [2.75, 3.05) is 0 Å². The van der Waals surface area contributed by atoms with Gasteiger partial charge in [0.05, 0.1) is 11.3 Å². The second kappa shape index (κ2) is 11.9. The van der Waals surface area contributed by atoms with Crippen LogP contribution < -0.4 is 0 Å². The fourth-order valence-corrected chi connectivity index (χ4v) is 4.53. The molecule has 3 aromatic carbocycles. The molecular formula is C32H34IrN3O-. The van der Waals surface area contributed by atoms with Gasteiger partial charge in [-0.25, -0.2) is 4.98 Å². The molecule has 0 saturated carbocycles. The predicted molar refractivity (Wildman–Crippen MR) is 149 cm³/mol. The van der Waals surface area contributed by atoms with E-state index < -0.39 is 0 Å². The number of aryl methyl sites for hydroxylation is 3. The van der Waals surface area contributed by atoms with Crippen LogP contribution in [0.2, 0.25) is 0 Å². The summed E-state index contributed by atoms with van der Waals surface area (Å²) >= 11 is 0. The Bertz CT molecular complexity index is 1510. The van der Waals surface area contributed by atoms with Crippen molar-refractivity contribution in [3.05, 3.63) is 101 Å². The van der Waals surface area contributed by atoms with Crippen LogP contribution in [0.15, 0.2) is 66.9 Å². The third kappa shape index (κ3) is 6.01. The molecule has 0 aliphatic heterocycles. The van der Waals surface area contributed by atoms with E-state index in [2.05, 4.69) is 75.1 Å². The number of phenols is 1. The summed E-state index contributed by atoms with van der Waals surface area (Å²) in [7, 11) is 1.96. The molecule has 37 heavy (non-hydrogen) atoms. The zero-order chi connectivity index (χ0) is 26.0. The normalized spacial score (nSPS) is 10.7. The number of hydrogen-bond donors (Lipinski definition) is 1. The van der Waals surface area contributed by atoms with Gasteiger partial charge in [0.25, 0.3) is 0 Å². The number of hydrogen-bond acceptors (Lipinski definition) is 3. The summed E-state index contributed by atoms with van der Waals surface area (Å²) in [5, 5.41) is 12.2. The number of nitrogens with zero attached hydrogens (tertiary/aromatic N) is 3. The fourth-order valence-electron chi connectivity index (χ4n) is 4.53. The van der Waals surface area contributed by atoms with E-state index in [9.17, 15) is 5.11 Å². The summed E-state index contributed by atoms with van der Waals surface area (Å²) in [6.45, 7) is 12.6. The zero-order valence-corrected chi connectivity index (χ0v) is 24.9. The number of benzene rings is 3. The number of fused-ring (bicyclic) bond motifs is 1. The first-order chi connectivity index (χ1) is 17.2. The molecule has 0 unspecified atom stereocenters. The Hall–Kier alpha value is -3.27. The number of phenolic OH excluding ortho intramolecular Hbond substituents is 1. The monoisotopic (exact) mass is 669 g/mol. The Morgan fingerprint density at radius 3 is 2.14 bits per heavy atom. The summed E-state index contributed by atoms with van der Waals surface area (Å²) in [6.07, 6.45) is 2.02. The van der Waals surface area contributed by atoms with Gasteiger partial charge in [-0.3, -0.25) is 0 Å². The Balaban J connectivity index is 0.000000211. The number of pyridine rings is 1. The summed E-state index contributed by atoms with van der Waals surface area (Å²) in [5.74, 6) is 1.55. The first-order valence-electron chi connectivity index (χ1n) is 12.3. The Morgan fingerprint density at radius 2 is 1.54 bits per heavy atom. The summed E-state index contributed by atoms with van der Waals surface area (Å²) in [5.41, 5.74) is 8.71. The van der Waals surface area contributed by atoms with Crippen LogP contribution in [0.3, 0.4) is 0 Å². The molecular weight excluding hydrogens is 635 g/mol. The number of rotatable bonds is 3. The van der Waals surface area contributed by atoms with Gasteiger partial charge in [0.15, 0.2) is 0 Å². The van der Waals surface area contributed by atoms with Gasteiger partial charge in [0, 0.05) is 39.0 Å². The van der Waals surface area contributed by atoms with Crippen molar-refractivity contribution in [2.45, 2.75) is 47.5 Å². The topological polar surface area (TPSA) is 50.9 Å². The molecule has 2 aromatic heterocycles. The smallest absolute Gasteiger partial charge is 0.143 e. The van der Waals surface area contributed by atoms with E-state index in [0.717, 1.165) is 39.6 Å². The SMILES string of the molecule is Cc1[c-]c(-c2ncc(C(C)C)c3ccccc23)cc(C)c1.Cc1nc(-c2ccccc2O)n(C)c1C.[Ir].